The summed E-state index contributed by atoms with van der Waals surface area (Å²) in [5.74, 6) is 1.55. The van der Waals surface area contributed by atoms with Crippen molar-refractivity contribution >= 4 is 7.28 Å². The molecule has 0 aliphatic carbocycles. The molecule has 0 fully saturated rings. The highest BCUT2D eigenvalue weighted by Gasteiger charge is 2.17. The van der Waals surface area contributed by atoms with Crippen molar-refractivity contribution in [2.24, 2.45) is 11.8 Å². The molecule has 2 atom stereocenters. The van der Waals surface area contributed by atoms with Crippen LogP contribution in [-0.2, 0) is 0 Å². The monoisotopic (exact) mass is 176 g/mol. The van der Waals surface area contributed by atoms with Crippen molar-refractivity contribution in [1.82, 2.24) is 0 Å². The number of rotatable bonds is 4. The predicted octanol–water partition coefficient (Wildman–Crippen LogP) is 3.30. The standard InChI is InChI=1S/C12H21B/c1-5-9(3)11-7-8-12(13-11)10(4)6-2/h7-10,13H,5-6H2,1-4H3. The van der Waals surface area contributed by atoms with Crippen LogP contribution in [0.4, 0.5) is 0 Å². The maximum Gasteiger partial charge on any atom is 0.182 e. The Kier molecular flexibility index (Phi) is 3.83. The van der Waals surface area contributed by atoms with E-state index in [4.69, 9.17) is 0 Å². The molecule has 1 heterocycles. The normalized spacial score (nSPS) is 20.3. The first-order chi connectivity index (χ1) is 6.19. The Morgan fingerprint density at radius 1 is 1.00 bits per heavy atom. The van der Waals surface area contributed by atoms with Crippen LogP contribution in [-0.4, -0.2) is 7.28 Å². The van der Waals surface area contributed by atoms with E-state index in [-0.39, 0.29) is 0 Å². The number of hydrogen-bond donors (Lipinski definition) is 0. The fourth-order valence-electron chi connectivity index (χ4n) is 1.77. The lowest BCUT2D eigenvalue weighted by Gasteiger charge is -2.13. The molecule has 0 nitrogen and oxygen atoms in total. The second kappa shape index (κ2) is 4.69. The van der Waals surface area contributed by atoms with Crippen molar-refractivity contribution in [1.29, 1.82) is 0 Å². The molecule has 1 rings (SSSR count). The summed E-state index contributed by atoms with van der Waals surface area (Å²) >= 11 is 0. The molecule has 1 aliphatic heterocycles. The molecule has 0 amide bonds. The second-order valence-electron chi connectivity index (χ2n) is 4.28. The summed E-state index contributed by atoms with van der Waals surface area (Å²) in [6.07, 6.45) is 7.23. The minimum Gasteiger partial charge on any atom is -0.0973 e. The van der Waals surface area contributed by atoms with Gasteiger partial charge >= 0.3 is 0 Å². The van der Waals surface area contributed by atoms with Crippen LogP contribution < -0.4 is 0 Å². The molecule has 0 N–H and O–H groups in total. The zero-order chi connectivity index (χ0) is 9.84. The third-order valence-electron chi connectivity index (χ3n) is 3.41. The third kappa shape index (κ3) is 2.49. The van der Waals surface area contributed by atoms with E-state index in [9.17, 15) is 0 Å². The molecule has 0 saturated carbocycles. The van der Waals surface area contributed by atoms with Gasteiger partial charge in [0, 0.05) is 0 Å². The maximum atomic E-state index is 2.34. The molecule has 1 heteroatoms. The van der Waals surface area contributed by atoms with Gasteiger partial charge in [0.15, 0.2) is 7.28 Å². The number of hydrogen-bond acceptors (Lipinski definition) is 0. The Morgan fingerprint density at radius 3 is 1.69 bits per heavy atom. The SMILES string of the molecule is CCC(C)C1=CC=C(C(C)CC)B1. The molecule has 0 bridgehead atoms. The molecule has 0 aromatic rings. The van der Waals surface area contributed by atoms with E-state index >= 15 is 0 Å². The van der Waals surface area contributed by atoms with E-state index in [0.29, 0.717) is 0 Å². The lowest BCUT2D eigenvalue weighted by molar-refractivity contribution is 0.675. The molecular weight excluding hydrogens is 155 g/mol. The van der Waals surface area contributed by atoms with Gasteiger partial charge in [-0.1, -0.05) is 63.6 Å². The van der Waals surface area contributed by atoms with E-state index in [1.54, 1.807) is 10.9 Å². The average Bonchev–Trinajstić information content (AvgIpc) is 2.64. The van der Waals surface area contributed by atoms with Crippen LogP contribution in [0.5, 0.6) is 0 Å². The van der Waals surface area contributed by atoms with Crippen molar-refractivity contribution in [3.05, 3.63) is 23.1 Å². The quantitative estimate of drug-likeness (QED) is 0.576. The highest BCUT2D eigenvalue weighted by molar-refractivity contribution is 6.55. The zero-order valence-electron chi connectivity index (χ0n) is 9.43. The molecule has 0 aromatic carbocycles. The smallest absolute Gasteiger partial charge is 0.0973 e. The maximum absolute atomic E-state index is 2.34. The molecule has 2 unspecified atom stereocenters. The Balaban J connectivity index is 2.48. The molecule has 0 spiro atoms. The van der Waals surface area contributed by atoms with E-state index in [1.165, 1.54) is 20.1 Å². The summed E-state index contributed by atoms with van der Waals surface area (Å²) in [4.78, 5) is 0. The molecule has 0 saturated heterocycles. The first-order valence-electron chi connectivity index (χ1n) is 5.58. The first kappa shape index (κ1) is 10.6. The van der Waals surface area contributed by atoms with Gasteiger partial charge in [0.1, 0.15) is 0 Å². The van der Waals surface area contributed by atoms with Gasteiger partial charge in [-0.15, -0.1) is 0 Å². The van der Waals surface area contributed by atoms with Gasteiger partial charge in [0.25, 0.3) is 0 Å². The van der Waals surface area contributed by atoms with Crippen molar-refractivity contribution in [2.45, 2.75) is 40.5 Å². The van der Waals surface area contributed by atoms with Crippen molar-refractivity contribution in [2.75, 3.05) is 0 Å². The molecule has 72 valence electrons. The molecule has 0 aromatic heterocycles. The largest absolute Gasteiger partial charge is 0.182 e. The van der Waals surface area contributed by atoms with Gasteiger partial charge in [-0.05, 0) is 11.8 Å². The van der Waals surface area contributed by atoms with Crippen LogP contribution in [0.15, 0.2) is 23.1 Å². The first-order valence-corrected chi connectivity index (χ1v) is 5.58. The summed E-state index contributed by atoms with van der Waals surface area (Å²) in [6.45, 7) is 9.21. The third-order valence-corrected chi connectivity index (χ3v) is 3.41. The second-order valence-corrected chi connectivity index (χ2v) is 4.28. The molecule has 13 heavy (non-hydrogen) atoms. The Bertz CT molecular complexity index is 201. The van der Waals surface area contributed by atoms with Crippen LogP contribution in [0.3, 0.4) is 0 Å². The van der Waals surface area contributed by atoms with Crippen LogP contribution >= 0.6 is 0 Å². The van der Waals surface area contributed by atoms with Crippen LogP contribution in [0.1, 0.15) is 40.5 Å². The molecule has 1 aliphatic rings. The lowest BCUT2D eigenvalue weighted by Crippen LogP contribution is -2.09. The Labute approximate surface area is 83.4 Å². The summed E-state index contributed by atoms with van der Waals surface area (Å²) in [5.41, 5.74) is 3.27. The minimum atomic E-state index is 0.776. The predicted molar refractivity (Wildman–Crippen MR) is 62.2 cm³/mol. The van der Waals surface area contributed by atoms with Gasteiger partial charge < -0.3 is 0 Å². The lowest BCUT2D eigenvalue weighted by atomic mass is 9.58. The van der Waals surface area contributed by atoms with E-state index < -0.39 is 0 Å². The fourth-order valence-corrected chi connectivity index (χ4v) is 1.77. The van der Waals surface area contributed by atoms with Crippen LogP contribution in [0.25, 0.3) is 0 Å². The van der Waals surface area contributed by atoms with Crippen molar-refractivity contribution < 1.29 is 0 Å². The summed E-state index contributed by atoms with van der Waals surface area (Å²) in [7, 11) is 1.24. The highest BCUT2D eigenvalue weighted by Crippen LogP contribution is 2.25. The Morgan fingerprint density at radius 2 is 1.38 bits per heavy atom. The summed E-state index contributed by atoms with van der Waals surface area (Å²) in [5, 5.41) is 0. The highest BCUT2D eigenvalue weighted by atomic mass is 14.1. The van der Waals surface area contributed by atoms with Crippen LogP contribution in [0, 0.1) is 11.8 Å². The van der Waals surface area contributed by atoms with E-state index in [1.807, 2.05) is 0 Å². The topological polar surface area (TPSA) is 0 Å². The fraction of sp³-hybridized carbons (Fsp3) is 0.667. The van der Waals surface area contributed by atoms with Crippen molar-refractivity contribution in [3.8, 4) is 0 Å². The number of allylic oxidation sites excluding steroid dienone is 4. The van der Waals surface area contributed by atoms with Gasteiger partial charge in [0.2, 0.25) is 0 Å². The van der Waals surface area contributed by atoms with Gasteiger partial charge in [-0.3, -0.25) is 0 Å². The van der Waals surface area contributed by atoms with Gasteiger partial charge in [0.05, 0.1) is 0 Å². The molecule has 0 radical (unpaired) electrons. The molecular formula is C12H21B. The van der Waals surface area contributed by atoms with Crippen LogP contribution in [0.2, 0.25) is 0 Å². The van der Waals surface area contributed by atoms with E-state index in [0.717, 1.165) is 11.8 Å². The minimum absolute atomic E-state index is 0.776. The van der Waals surface area contributed by atoms with Gasteiger partial charge in [-0.2, -0.15) is 0 Å². The van der Waals surface area contributed by atoms with E-state index in [2.05, 4.69) is 39.8 Å². The zero-order valence-corrected chi connectivity index (χ0v) is 9.43. The summed E-state index contributed by atoms with van der Waals surface area (Å²) in [6, 6.07) is 0. The average molecular weight is 176 g/mol. The Hall–Kier alpha value is -0.455. The van der Waals surface area contributed by atoms with Crippen molar-refractivity contribution in [3.63, 3.8) is 0 Å². The summed E-state index contributed by atoms with van der Waals surface area (Å²) < 4.78 is 0. The van der Waals surface area contributed by atoms with Gasteiger partial charge in [-0.25, -0.2) is 0 Å².